The first-order valence-corrected chi connectivity index (χ1v) is 7.37. The zero-order chi connectivity index (χ0) is 13.5. The molecule has 4 N–H and O–H groups in total. The number of aromatic nitrogens is 2. The van der Waals surface area contributed by atoms with Crippen LogP contribution in [0.1, 0.15) is 0 Å². The standard InChI is InChI=1S/C13H17N5S/c1-19-8-7-15-11-9-12(18-14)17-13(16-11)10-5-3-2-4-6-10/h2-6,9H,7-8,14H2,1H3,(H2,15,16,17,18). The van der Waals surface area contributed by atoms with Crippen LogP contribution in [0, 0.1) is 0 Å². The molecule has 0 atom stereocenters. The van der Waals surface area contributed by atoms with Crippen LogP contribution in [0.4, 0.5) is 11.6 Å². The molecule has 0 saturated carbocycles. The molecule has 0 saturated heterocycles. The predicted molar refractivity (Wildman–Crippen MR) is 82.1 cm³/mol. The first kappa shape index (κ1) is 13.6. The average molecular weight is 275 g/mol. The molecule has 6 heteroatoms. The molecule has 0 radical (unpaired) electrons. The van der Waals surface area contributed by atoms with Gasteiger partial charge in [0.2, 0.25) is 0 Å². The van der Waals surface area contributed by atoms with Gasteiger partial charge in [0, 0.05) is 23.9 Å². The van der Waals surface area contributed by atoms with Crippen molar-refractivity contribution in [2.75, 3.05) is 29.3 Å². The van der Waals surface area contributed by atoms with Crippen molar-refractivity contribution in [2.24, 2.45) is 5.84 Å². The van der Waals surface area contributed by atoms with E-state index in [2.05, 4.69) is 27.0 Å². The quantitative estimate of drug-likeness (QED) is 0.426. The van der Waals surface area contributed by atoms with Crippen molar-refractivity contribution in [1.29, 1.82) is 0 Å². The van der Waals surface area contributed by atoms with Crippen molar-refractivity contribution in [3.63, 3.8) is 0 Å². The summed E-state index contributed by atoms with van der Waals surface area (Å²) in [7, 11) is 0. The van der Waals surface area contributed by atoms with Crippen LogP contribution in [0.3, 0.4) is 0 Å². The van der Waals surface area contributed by atoms with E-state index in [-0.39, 0.29) is 0 Å². The van der Waals surface area contributed by atoms with E-state index in [1.54, 1.807) is 17.8 Å². The highest BCUT2D eigenvalue weighted by atomic mass is 32.2. The van der Waals surface area contributed by atoms with Crippen LogP contribution >= 0.6 is 11.8 Å². The number of thioether (sulfide) groups is 1. The van der Waals surface area contributed by atoms with Crippen molar-refractivity contribution < 1.29 is 0 Å². The monoisotopic (exact) mass is 275 g/mol. The second-order valence-corrected chi connectivity index (χ2v) is 4.88. The Morgan fingerprint density at radius 2 is 1.89 bits per heavy atom. The van der Waals surface area contributed by atoms with Gasteiger partial charge in [-0.05, 0) is 6.26 Å². The summed E-state index contributed by atoms with van der Waals surface area (Å²) in [6.07, 6.45) is 2.07. The third-order valence-electron chi connectivity index (χ3n) is 2.52. The summed E-state index contributed by atoms with van der Waals surface area (Å²) in [5.74, 6) is 8.50. The maximum absolute atomic E-state index is 5.45. The van der Waals surface area contributed by atoms with E-state index in [1.165, 1.54) is 0 Å². The van der Waals surface area contributed by atoms with Gasteiger partial charge in [-0.3, -0.25) is 0 Å². The Bertz CT molecular complexity index is 518. The molecular formula is C13H17N5S. The van der Waals surface area contributed by atoms with Gasteiger partial charge in [0.25, 0.3) is 0 Å². The minimum Gasteiger partial charge on any atom is -0.369 e. The molecule has 0 aliphatic carbocycles. The molecule has 19 heavy (non-hydrogen) atoms. The SMILES string of the molecule is CSCCNc1cc(NN)nc(-c2ccccc2)n1. The van der Waals surface area contributed by atoms with E-state index in [0.29, 0.717) is 11.6 Å². The first-order valence-electron chi connectivity index (χ1n) is 5.97. The number of hydrazine groups is 1. The van der Waals surface area contributed by atoms with Crippen LogP contribution in [0.15, 0.2) is 36.4 Å². The van der Waals surface area contributed by atoms with Gasteiger partial charge in [0.05, 0.1) is 0 Å². The second-order valence-electron chi connectivity index (χ2n) is 3.89. The van der Waals surface area contributed by atoms with Gasteiger partial charge in [-0.25, -0.2) is 15.8 Å². The summed E-state index contributed by atoms with van der Waals surface area (Å²) in [6.45, 7) is 0.858. The van der Waals surface area contributed by atoms with Crippen LogP contribution in [0.25, 0.3) is 11.4 Å². The van der Waals surface area contributed by atoms with Gasteiger partial charge in [0.15, 0.2) is 5.82 Å². The number of benzene rings is 1. The Balaban J connectivity index is 2.26. The normalized spacial score (nSPS) is 10.2. The Morgan fingerprint density at radius 1 is 1.16 bits per heavy atom. The lowest BCUT2D eigenvalue weighted by Gasteiger charge is -2.09. The summed E-state index contributed by atoms with van der Waals surface area (Å²) in [6, 6.07) is 11.6. The Morgan fingerprint density at radius 3 is 2.58 bits per heavy atom. The minimum atomic E-state index is 0.598. The molecule has 0 aliphatic heterocycles. The van der Waals surface area contributed by atoms with Gasteiger partial charge in [-0.15, -0.1) is 0 Å². The Kier molecular flexibility index (Phi) is 5.00. The molecule has 0 fully saturated rings. The van der Waals surface area contributed by atoms with E-state index < -0.39 is 0 Å². The van der Waals surface area contributed by atoms with Gasteiger partial charge in [-0.2, -0.15) is 11.8 Å². The highest BCUT2D eigenvalue weighted by Crippen LogP contribution is 2.19. The molecule has 0 bridgehead atoms. The lowest BCUT2D eigenvalue weighted by Crippen LogP contribution is -2.12. The first-order chi connectivity index (χ1) is 9.33. The van der Waals surface area contributed by atoms with E-state index in [9.17, 15) is 0 Å². The summed E-state index contributed by atoms with van der Waals surface area (Å²) in [4.78, 5) is 8.85. The fourth-order valence-corrected chi connectivity index (χ4v) is 1.92. The van der Waals surface area contributed by atoms with E-state index in [1.807, 2.05) is 30.3 Å². The van der Waals surface area contributed by atoms with Crippen LogP contribution in [-0.2, 0) is 0 Å². The third-order valence-corrected chi connectivity index (χ3v) is 3.13. The highest BCUT2D eigenvalue weighted by molar-refractivity contribution is 7.98. The molecule has 2 aromatic rings. The predicted octanol–water partition coefficient (Wildman–Crippen LogP) is 2.20. The van der Waals surface area contributed by atoms with E-state index >= 15 is 0 Å². The van der Waals surface area contributed by atoms with Crippen LogP contribution in [-0.4, -0.2) is 28.5 Å². The minimum absolute atomic E-state index is 0.598. The number of rotatable bonds is 6. The molecule has 2 rings (SSSR count). The molecule has 100 valence electrons. The zero-order valence-electron chi connectivity index (χ0n) is 10.8. The molecular weight excluding hydrogens is 258 g/mol. The van der Waals surface area contributed by atoms with Gasteiger partial charge < -0.3 is 10.7 Å². The number of anilines is 2. The summed E-state index contributed by atoms with van der Waals surface area (Å²) >= 11 is 1.79. The van der Waals surface area contributed by atoms with Crippen LogP contribution in [0.5, 0.6) is 0 Å². The van der Waals surface area contributed by atoms with E-state index in [0.717, 1.165) is 23.7 Å². The molecule has 1 aromatic carbocycles. The number of nitrogens with two attached hydrogens (primary N) is 1. The van der Waals surface area contributed by atoms with Gasteiger partial charge in [-0.1, -0.05) is 30.3 Å². The molecule has 1 aromatic heterocycles. The molecule has 5 nitrogen and oxygen atoms in total. The van der Waals surface area contributed by atoms with Crippen molar-refractivity contribution in [2.45, 2.75) is 0 Å². The van der Waals surface area contributed by atoms with Crippen molar-refractivity contribution in [3.8, 4) is 11.4 Å². The van der Waals surface area contributed by atoms with Crippen LogP contribution < -0.4 is 16.6 Å². The summed E-state index contributed by atoms with van der Waals surface area (Å²) in [5.41, 5.74) is 3.54. The maximum atomic E-state index is 5.45. The molecule has 0 aliphatic rings. The zero-order valence-corrected chi connectivity index (χ0v) is 11.6. The highest BCUT2D eigenvalue weighted by Gasteiger charge is 2.05. The van der Waals surface area contributed by atoms with Crippen molar-refractivity contribution in [3.05, 3.63) is 36.4 Å². The smallest absolute Gasteiger partial charge is 0.163 e. The van der Waals surface area contributed by atoms with Gasteiger partial charge >= 0.3 is 0 Å². The molecule has 1 heterocycles. The second kappa shape index (κ2) is 6.96. The Hall–Kier alpha value is -1.79. The van der Waals surface area contributed by atoms with E-state index in [4.69, 9.17) is 5.84 Å². The van der Waals surface area contributed by atoms with Crippen molar-refractivity contribution >= 4 is 23.4 Å². The lowest BCUT2D eigenvalue weighted by molar-refractivity contribution is 1.11. The third kappa shape index (κ3) is 3.84. The number of nitrogens with zero attached hydrogens (tertiary/aromatic N) is 2. The van der Waals surface area contributed by atoms with Crippen LogP contribution in [0.2, 0.25) is 0 Å². The largest absolute Gasteiger partial charge is 0.369 e. The Labute approximate surface area is 117 Å². The number of hydrogen-bond donors (Lipinski definition) is 3. The topological polar surface area (TPSA) is 75.9 Å². The maximum Gasteiger partial charge on any atom is 0.163 e. The number of hydrogen-bond acceptors (Lipinski definition) is 6. The summed E-state index contributed by atoms with van der Waals surface area (Å²) < 4.78 is 0. The molecule has 0 spiro atoms. The molecule has 0 amide bonds. The number of nitrogens with one attached hydrogen (secondary N) is 2. The summed E-state index contributed by atoms with van der Waals surface area (Å²) in [5, 5.41) is 3.26. The van der Waals surface area contributed by atoms with Gasteiger partial charge in [0.1, 0.15) is 11.6 Å². The lowest BCUT2D eigenvalue weighted by atomic mass is 10.2. The average Bonchev–Trinajstić information content (AvgIpc) is 2.48. The fourth-order valence-electron chi connectivity index (χ4n) is 1.61. The fraction of sp³-hybridized carbons (Fsp3) is 0.231. The number of nitrogen functional groups attached to an aromatic ring is 1. The molecule has 0 unspecified atom stereocenters. The van der Waals surface area contributed by atoms with Crippen molar-refractivity contribution in [1.82, 2.24) is 9.97 Å².